The number of thioether (sulfide) groups is 1. The lowest BCUT2D eigenvalue weighted by Gasteiger charge is -2.08. The number of methoxy groups -OCH3 is 1. The van der Waals surface area contributed by atoms with Gasteiger partial charge in [-0.2, -0.15) is 26.7 Å². The van der Waals surface area contributed by atoms with Gasteiger partial charge in [-0.3, -0.25) is 0 Å². The van der Waals surface area contributed by atoms with Crippen molar-refractivity contribution in [2.24, 2.45) is 0 Å². The fourth-order valence-corrected chi connectivity index (χ4v) is 2.05. The van der Waals surface area contributed by atoms with Gasteiger partial charge in [-0.15, -0.1) is 0 Å². The van der Waals surface area contributed by atoms with Crippen LogP contribution in [0.5, 0.6) is 6.01 Å². The number of nitrogens with zero attached hydrogens (tertiary/aromatic N) is 3. The first-order chi connectivity index (χ1) is 9.30. The van der Waals surface area contributed by atoms with Crippen molar-refractivity contribution >= 4 is 23.7 Å². The van der Waals surface area contributed by atoms with Gasteiger partial charge in [0.15, 0.2) is 0 Å². The third kappa shape index (κ3) is 6.44. The minimum atomic E-state index is 0.247. The zero-order valence-electron chi connectivity index (χ0n) is 11.3. The molecular weight excluding hydrogens is 266 g/mol. The molecule has 0 saturated carbocycles. The zero-order chi connectivity index (χ0) is 13.9. The van der Waals surface area contributed by atoms with Crippen molar-refractivity contribution in [1.82, 2.24) is 15.0 Å². The van der Waals surface area contributed by atoms with E-state index in [1.165, 1.54) is 7.11 Å². The molecule has 3 N–H and O–H groups in total. The van der Waals surface area contributed by atoms with Crippen LogP contribution in [0.15, 0.2) is 0 Å². The number of aliphatic hydroxyl groups is 1. The topological polar surface area (TPSA) is 92.2 Å². The quantitative estimate of drug-likeness (QED) is 0.545. The second kappa shape index (κ2) is 9.62. The molecule has 0 aliphatic carbocycles. The molecule has 0 aliphatic heterocycles. The third-order valence-electron chi connectivity index (χ3n) is 2.11. The molecule has 0 aliphatic rings. The van der Waals surface area contributed by atoms with E-state index >= 15 is 0 Å². The summed E-state index contributed by atoms with van der Waals surface area (Å²) in [5.41, 5.74) is 0. The largest absolute Gasteiger partial charge is 0.467 e. The Kier molecular flexibility index (Phi) is 7.99. The molecule has 0 unspecified atom stereocenters. The van der Waals surface area contributed by atoms with Crippen molar-refractivity contribution in [2.45, 2.75) is 13.3 Å². The molecule has 19 heavy (non-hydrogen) atoms. The second-order valence-corrected chi connectivity index (χ2v) is 4.84. The highest BCUT2D eigenvalue weighted by molar-refractivity contribution is 7.99. The Bertz CT molecular complexity index is 367. The standard InChI is InChI=1S/C11H21N5O2S/c1-3-12-9-14-10(16-11(15-9)18-2)13-5-8-19-7-4-6-17/h17H,3-8H2,1-2H3,(H2,12,13,14,15,16). The van der Waals surface area contributed by atoms with E-state index in [1.807, 2.05) is 6.92 Å². The van der Waals surface area contributed by atoms with Gasteiger partial charge >= 0.3 is 6.01 Å². The SMILES string of the molecule is CCNc1nc(NCCSCCCO)nc(OC)n1. The first-order valence-corrected chi connectivity index (χ1v) is 7.42. The minimum Gasteiger partial charge on any atom is -0.467 e. The average molecular weight is 287 g/mol. The van der Waals surface area contributed by atoms with Gasteiger partial charge in [0.05, 0.1) is 7.11 Å². The molecule has 7 nitrogen and oxygen atoms in total. The molecule has 1 rings (SSSR count). The number of aromatic nitrogens is 3. The summed E-state index contributed by atoms with van der Waals surface area (Å²) in [5.74, 6) is 2.90. The normalized spacial score (nSPS) is 10.3. The molecule has 0 bridgehead atoms. The minimum absolute atomic E-state index is 0.247. The van der Waals surface area contributed by atoms with Crippen LogP contribution in [-0.2, 0) is 0 Å². The molecule has 1 heterocycles. The van der Waals surface area contributed by atoms with E-state index in [9.17, 15) is 0 Å². The predicted octanol–water partition coefficient (Wildman–Crippen LogP) is 0.839. The summed E-state index contributed by atoms with van der Waals surface area (Å²) in [6.45, 7) is 3.72. The summed E-state index contributed by atoms with van der Waals surface area (Å²) in [7, 11) is 1.53. The molecule has 0 fully saturated rings. The van der Waals surface area contributed by atoms with Crippen LogP contribution in [0.2, 0.25) is 0 Å². The molecule has 1 aromatic rings. The van der Waals surface area contributed by atoms with Crippen LogP contribution < -0.4 is 15.4 Å². The van der Waals surface area contributed by atoms with E-state index in [2.05, 4.69) is 25.6 Å². The van der Waals surface area contributed by atoms with Crippen LogP contribution in [0, 0.1) is 0 Å². The summed E-state index contributed by atoms with van der Waals surface area (Å²) in [6.07, 6.45) is 0.828. The molecule has 0 amide bonds. The predicted molar refractivity (Wildman–Crippen MR) is 78.1 cm³/mol. The molecule has 0 aromatic carbocycles. The number of ether oxygens (including phenoxy) is 1. The van der Waals surface area contributed by atoms with E-state index in [1.54, 1.807) is 11.8 Å². The molecule has 8 heteroatoms. The summed E-state index contributed by atoms with van der Waals surface area (Å²) < 4.78 is 5.03. The first kappa shape index (κ1) is 15.8. The van der Waals surface area contributed by atoms with Gasteiger partial charge in [-0.05, 0) is 19.1 Å². The van der Waals surface area contributed by atoms with Crippen molar-refractivity contribution in [3.05, 3.63) is 0 Å². The van der Waals surface area contributed by atoms with Crippen LogP contribution in [-0.4, -0.2) is 58.4 Å². The van der Waals surface area contributed by atoms with Crippen molar-refractivity contribution in [3.63, 3.8) is 0 Å². The van der Waals surface area contributed by atoms with Gasteiger partial charge in [-0.1, -0.05) is 0 Å². The summed E-state index contributed by atoms with van der Waals surface area (Å²) in [4.78, 5) is 12.4. The van der Waals surface area contributed by atoms with Gasteiger partial charge in [0, 0.05) is 25.4 Å². The Morgan fingerprint density at radius 3 is 2.53 bits per heavy atom. The lowest BCUT2D eigenvalue weighted by molar-refractivity contribution is 0.296. The highest BCUT2D eigenvalue weighted by Crippen LogP contribution is 2.10. The fraction of sp³-hybridized carbons (Fsp3) is 0.727. The second-order valence-electron chi connectivity index (χ2n) is 3.62. The van der Waals surface area contributed by atoms with Crippen LogP contribution in [0.25, 0.3) is 0 Å². The van der Waals surface area contributed by atoms with Gasteiger partial charge < -0.3 is 20.5 Å². The van der Waals surface area contributed by atoms with Crippen molar-refractivity contribution in [1.29, 1.82) is 0 Å². The molecular formula is C11H21N5O2S. The maximum Gasteiger partial charge on any atom is 0.322 e. The maximum absolute atomic E-state index is 8.66. The first-order valence-electron chi connectivity index (χ1n) is 6.26. The number of hydrogen-bond donors (Lipinski definition) is 3. The van der Waals surface area contributed by atoms with Crippen molar-refractivity contribution in [2.75, 3.05) is 48.9 Å². The maximum atomic E-state index is 8.66. The van der Waals surface area contributed by atoms with Crippen molar-refractivity contribution in [3.8, 4) is 6.01 Å². The Morgan fingerprint density at radius 1 is 1.16 bits per heavy atom. The van der Waals surface area contributed by atoms with Crippen molar-refractivity contribution < 1.29 is 9.84 Å². The van der Waals surface area contributed by atoms with Gasteiger partial charge in [0.2, 0.25) is 11.9 Å². The Labute approximate surface area is 117 Å². The van der Waals surface area contributed by atoms with Crippen LogP contribution >= 0.6 is 11.8 Å². The third-order valence-corrected chi connectivity index (χ3v) is 3.18. The highest BCUT2D eigenvalue weighted by atomic mass is 32.2. The number of anilines is 2. The fourth-order valence-electron chi connectivity index (χ4n) is 1.27. The molecule has 0 atom stereocenters. The van der Waals surface area contributed by atoms with Crippen LogP contribution in [0.1, 0.15) is 13.3 Å². The van der Waals surface area contributed by atoms with E-state index < -0.39 is 0 Å². The summed E-state index contributed by atoms with van der Waals surface area (Å²) >= 11 is 1.78. The Balaban J connectivity index is 2.41. The Morgan fingerprint density at radius 2 is 1.89 bits per heavy atom. The number of aliphatic hydroxyl groups excluding tert-OH is 1. The molecule has 108 valence electrons. The van der Waals surface area contributed by atoms with E-state index in [0.29, 0.717) is 17.9 Å². The van der Waals surface area contributed by atoms with E-state index in [0.717, 1.165) is 31.0 Å². The summed E-state index contributed by atoms with van der Waals surface area (Å²) in [6, 6.07) is 0.293. The molecule has 0 spiro atoms. The summed E-state index contributed by atoms with van der Waals surface area (Å²) in [5, 5.41) is 14.8. The molecule has 1 aromatic heterocycles. The monoisotopic (exact) mass is 287 g/mol. The Hall–Kier alpha value is -1.28. The molecule has 0 saturated heterocycles. The van der Waals surface area contributed by atoms with Gasteiger partial charge in [-0.25, -0.2) is 0 Å². The smallest absolute Gasteiger partial charge is 0.322 e. The number of nitrogens with one attached hydrogen (secondary N) is 2. The van der Waals surface area contributed by atoms with Crippen LogP contribution in [0.3, 0.4) is 0 Å². The van der Waals surface area contributed by atoms with E-state index in [-0.39, 0.29) is 6.61 Å². The lowest BCUT2D eigenvalue weighted by Crippen LogP contribution is -2.12. The zero-order valence-corrected chi connectivity index (χ0v) is 12.2. The van der Waals surface area contributed by atoms with Gasteiger partial charge in [0.1, 0.15) is 0 Å². The number of hydrogen-bond acceptors (Lipinski definition) is 8. The van der Waals surface area contributed by atoms with Gasteiger partial charge in [0.25, 0.3) is 0 Å². The average Bonchev–Trinajstić information content (AvgIpc) is 2.43. The van der Waals surface area contributed by atoms with E-state index in [4.69, 9.17) is 9.84 Å². The molecule has 0 radical (unpaired) electrons. The van der Waals surface area contributed by atoms with Crippen LogP contribution in [0.4, 0.5) is 11.9 Å². The highest BCUT2D eigenvalue weighted by Gasteiger charge is 2.05. The number of rotatable bonds is 10. The lowest BCUT2D eigenvalue weighted by atomic mass is 10.5.